The molecule has 0 amide bonds. The highest BCUT2D eigenvalue weighted by Crippen LogP contribution is 2.29. The van der Waals surface area contributed by atoms with Gasteiger partial charge in [-0.15, -0.1) is 0 Å². The molecule has 0 bridgehead atoms. The van der Waals surface area contributed by atoms with Crippen molar-refractivity contribution < 1.29 is 4.74 Å². The van der Waals surface area contributed by atoms with Gasteiger partial charge in [0.2, 0.25) is 0 Å². The highest BCUT2D eigenvalue weighted by molar-refractivity contribution is 4.82. The van der Waals surface area contributed by atoms with Crippen molar-refractivity contribution in [2.45, 2.75) is 40.0 Å². The molecule has 0 spiro atoms. The van der Waals surface area contributed by atoms with Crippen molar-refractivity contribution in [3.05, 3.63) is 0 Å². The zero-order chi connectivity index (χ0) is 12.7. The van der Waals surface area contributed by atoms with Crippen molar-refractivity contribution in [1.29, 1.82) is 0 Å². The Balaban J connectivity index is 2.03. The third-order valence-electron chi connectivity index (χ3n) is 3.95. The second kappa shape index (κ2) is 7.34. The molecule has 1 aliphatic heterocycles. The fourth-order valence-corrected chi connectivity index (χ4v) is 2.14. The summed E-state index contributed by atoms with van der Waals surface area (Å²) >= 11 is 0. The zero-order valence-corrected chi connectivity index (χ0v) is 11.9. The van der Waals surface area contributed by atoms with Crippen LogP contribution in [0.1, 0.15) is 40.0 Å². The predicted octanol–water partition coefficient (Wildman–Crippen LogP) is 2.11. The van der Waals surface area contributed by atoms with E-state index in [0.29, 0.717) is 5.41 Å². The average molecular weight is 242 g/mol. The first-order chi connectivity index (χ1) is 8.06. The van der Waals surface area contributed by atoms with Gasteiger partial charge in [0.05, 0.1) is 6.61 Å². The number of likely N-dealkylation sites (tertiary alicyclic amines) is 1. The van der Waals surface area contributed by atoms with Gasteiger partial charge in [0.25, 0.3) is 0 Å². The van der Waals surface area contributed by atoms with Crippen molar-refractivity contribution in [2.24, 2.45) is 17.1 Å². The van der Waals surface area contributed by atoms with Crippen molar-refractivity contribution in [2.75, 3.05) is 39.4 Å². The third-order valence-corrected chi connectivity index (χ3v) is 3.95. The van der Waals surface area contributed by atoms with Gasteiger partial charge in [-0.05, 0) is 50.2 Å². The lowest BCUT2D eigenvalue weighted by atomic mass is 9.80. The van der Waals surface area contributed by atoms with Crippen molar-refractivity contribution in [1.82, 2.24) is 4.90 Å². The number of nitrogens with two attached hydrogens (primary N) is 1. The van der Waals surface area contributed by atoms with Gasteiger partial charge < -0.3 is 15.4 Å². The molecule has 1 heterocycles. The lowest BCUT2D eigenvalue weighted by molar-refractivity contribution is 0.0672. The molecule has 1 fully saturated rings. The summed E-state index contributed by atoms with van der Waals surface area (Å²) in [6.07, 6.45) is 3.64. The molecule has 1 aliphatic rings. The van der Waals surface area contributed by atoms with Crippen LogP contribution in [0, 0.1) is 11.3 Å². The zero-order valence-electron chi connectivity index (χ0n) is 11.9. The Morgan fingerprint density at radius 3 is 2.41 bits per heavy atom. The second-order valence-corrected chi connectivity index (χ2v) is 6.15. The molecule has 0 aromatic carbocycles. The molecule has 0 saturated carbocycles. The Labute approximate surface area is 107 Å². The van der Waals surface area contributed by atoms with Gasteiger partial charge in [0.1, 0.15) is 0 Å². The fourth-order valence-electron chi connectivity index (χ4n) is 2.14. The Kier molecular flexibility index (Phi) is 6.45. The van der Waals surface area contributed by atoms with Crippen molar-refractivity contribution >= 4 is 0 Å². The molecule has 102 valence electrons. The number of hydrogen-bond acceptors (Lipinski definition) is 3. The Morgan fingerprint density at radius 2 is 1.88 bits per heavy atom. The first-order valence-corrected chi connectivity index (χ1v) is 7.06. The van der Waals surface area contributed by atoms with Gasteiger partial charge in [-0.25, -0.2) is 0 Å². The van der Waals surface area contributed by atoms with E-state index >= 15 is 0 Å². The van der Waals surface area contributed by atoms with Crippen LogP contribution in [0.3, 0.4) is 0 Å². The minimum absolute atomic E-state index is 0.384. The summed E-state index contributed by atoms with van der Waals surface area (Å²) in [5.41, 5.74) is 6.19. The average Bonchev–Trinajstić information content (AvgIpc) is 2.31. The van der Waals surface area contributed by atoms with Crippen molar-refractivity contribution in [3.8, 4) is 0 Å². The molecule has 3 nitrogen and oxygen atoms in total. The standard InChI is InChI=1S/C14H30N2O/c1-13(2)4-10-17-11-9-16-7-5-14(3,12-15)6-8-16/h13H,4-12,15H2,1-3H3. The maximum Gasteiger partial charge on any atom is 0.0593 e. The van der Waals surface area contributed by atoms with E-state index in [4.69, 9.17) is 10.5 Å². The molecule has 0 radical (unpaired) electrons. The molecule has 0 unspecified atom stereocenters. The quantitative estimate of drug-likeness (QED) is 0.695. The van der Waals surface area contributed by atoms with Gasteiger partial charge >= 0.3 is 0 Å². The lowest BCUT2D eigenvalue weighted by Crippen LogP contribution is -2.43. The Morgan fingerprint density at radius 1 is 1.24 bits per heavy atom. The summed E-state index contributed by atoms with van der Waals surface area (Å²) in [6.45, 7) is 12.8. The summed E-state index contributed by atoms with van der Waals surface area (Å²) in [6, 6.07) is 0. The van der Waals surface area contributed by atoms with E-state index in [9.17, 15) is 0 Å². The van der Waals surface area contributed by atoms with Gasteiger partial charge in [0, 0.05) is 13.2 Å². The van der Waals surface area contributed by atoms with Crippen LogP contribution < -0.4 is 5.73 Å². The molecule has 0 aromatic heterocycles. The summed E-state index contributed by atoms with van der Waals surface area (Å²) in [5, 5.41) is 0. The van der Waals surface area contributed by atoms with E-state index in [-0.39, 0.29) is 0 Å². The van der Waals surface area contributed by atoms with Crippen LogP contribution in [-0.4, -0.2) is 44.3 Å². The van der Waals surface area contributed by atoms with Gasteiger partial charge in [-0.1, -0.05) is 20.8 Å². The second-order valence-electron chi connectivity index (χ2n) is 6.15. The number of hydrogen-bond donors (Lipinski definition) is 1. The normalized spacial score (nSPS) is 21.0. The molecule has 3 heteroatoms. The molecule has 17 heavy (non-hydrogen) atoms. The SMILES string of the molecule is CC(C)CCOCCN1CCC(C)(CN)CC1. The molecule has 0 aliphatic carbocycles. The minimum atomic E-state index is 0.384. The Bertz CT molecular complexity index is 198. The van der Waals surface area contributed by atoms with Gasteiger partial charge in [-0.3, -0.25) is 0 Å². The van der Waals surface area contributed by atoms with E-state index in [1.165, 1.54) is 32.4 Å². The van der Waals surface area contributed by atoms with Crippen molar-refractivity contribution in [3.63, 3.8) is 0 Å². The number of nitrogens with zero attached hydrogens (tertiary/aromatic N) is 1. The van der Waals surface area contributed by atoms with E-state index in [2.05, 4.69) is 25.7 Å². The Hall–Kier alpha value is -0.120. The first kappa shape index (κ1) is 14.9. The van der Waals surface area contributed by atoms with Crippen LogP contribution in [0.15, 0.2) is 0 Å². The lowest BCUT2D eigenvalue weighted by Gasteiger charge is -2.38. The molecular formula is C14H30N2O. The summed E-state index contributed by atoms with van der Waals surface area (Å²) < 4.78 is 5.66. The number of rotatable bonds is 7. The van der Waals surface area contributed by atoms with E-state index in [0.717, 1.165) is 32.2 Å². The molecule has 0 aromatic rings. The molecule has 0 atom stereocenters. The van der Waals surface area contributed by atoms with E-state index in [1.807, 2.05) is 0 Å². The highest BCUT2D eigenvalue weighted by Gasteiger charge is 2.28. The highest BCUT2D eigenvalue weighted by atomic mass is 16.5. The molecule has 1 rings (SSSR count). The maximum absolute atomic E-state index is 5.81. The smallest absolute Gasteiger partial charge is 0.0593 e. The van der Waals surface area contributed by atoms with Crippen LogP contribution in [-0.2, 0) is 4.74 Å². The minimum Gasteiger partial charge on any atom is -0.380 e. The van der Waals surface area contributed by atoms with Crippen LogP contribution in [0.5, 0.6) is 0 Å². The monoisotopic (exact) mass is 242 g/mol. The van der Waals surface area contributed by atoms with Crippen LogP contribution in [0.25, 0.3) is 0 Å². The third kappa shape index (κ3) is 5.84. The molecule has 2 N–H and O–H groups in total. The van der Waals surface area contributed by atoms with Crippen LogP contribution >= 0.6 is 0 Å². The fraction of sp³-hybridized carbons (Fsp3) is 1.00. The van der Waals surface area contributed by atoms with Gasteiger partial charge in [-0.2, -0.15) is 0 Å². The molecule has 1 saturated heterocycles. The summed E-state index contributed by atoms with van der Waals surface area (Å²) in [7, 11) is 0. The van der Waals surface area contributed by atoms with E-state index < -0.39 is 0 Å². The summed E-state index contributed by atoms with van der Waals surface area (Å²) in [5.74, 6) is 0.746. The molecular weight excluding hydrogens is 212 g/mol. The van der Waals surface area contributed by atoms with Gasteiger partial charge in [0.15, 0.2) is 0 Å². The van der Waals surface area contributed by atoms with Crippen LogP contribution in [0.2, 0.25) is 0 Å². The summed E-state index contributed by atoms with van der Waals surface area (Å²) in [4.78, 5) is 2.51. The number of ether oxygens (including phenoxy) is 1. The van der Waals surface area contributed by atoms with Crippen LogP contribution in [0.4, 0.5) is 0 Å². The maximum atomic E-state index is 5.81. The van der Waals surface area contributed by atoms with E-state index in [1.54, 1.807) is 0 Å². The first-order valence-electron chi connectivity index (χ1n) is 7.06. The predicted molar refractivity (Wildman–Crippen MR) is 73.1 cm³/mol. The number of piperidine rings is 1. The topological polar surface area (TPSA) is 38.5 Å². The largest absolute Gasteiger partial charge is 0.380 e.